The van der Waals surface area contributed by atoms with Crippen LogP contribution >= 0.6 is 0 Å². The third kappa shape index (κ3) is 6.66. The van der Waals surface area contributed by atoms with Crippen LogP contribution in [0.3, 0.4) is 0 Å². The molecule has 0 unspecified atom stereocenters. The molecular weight excluding hydrogens is 304 g/mol. The zero-order valence-corrected chi connectivity index (χ0v) is 15.7. The Labute approximate surface area is 147 Å². The normalized spacial score (nSPS) is 16.5. The van der Waals surface area contributed by atoms with E-state index in [1.165, 1.54) is 46.3 Å². The molecule has 0 aliphatic heterocycles. The minimum Gasteiger partial charge on any atom is -0.466 e. The van der Waals surface area contributed by atoms with Crippen molar-refractivity contribution in [2.45, 2.75) is 84.0 Å². The number of rotatable bonds is 10. The molecule has 0 aromatic heterocycles. The highest BCUT2D eigenvalue weighted by atomic mass is 16.5. The van der Waals surface area contributed by atoms with Crippen LogP contribution in [-0.4, -0.2) is 26.2 Å². The van der Waals surface area contributed by atoms with E-state index in [9.17, 15) is 9.59 Å². The van der Waals surface area contributed by atoms with E-state index in [2.05, 4.69) is 6.92 Å². The molecule has 0 radical (unpaired) electrons. The van der Waals surface area contributed by atoms with Crippen LogP contribution in [0.25, 0.3) is 0 Å². The molecule has 0 amide bonds. The first kappa shape index (κ1) is 20.7. The van der Waals surface area contributed by atoms with Gasteiger partial charge < -0.3 is 9.47 Å². The predicted molar refractivity (Wildman–Crippen MR) is 95.6 cm³/mol. The standard InChI is InChI=1S/C20H34O4/c1-4-5-6-7-8-12-15-17(19(21)23-2)18(20(22)24-3)16-13-10-9-11-14-16/h16H,4-15H2,1-3H3/b18-17-. The summed E-state index contributed by atoms with van der Waals surface area (Å²) in [7, 11) is 2.78. The van der Waals surface area contributed by atoms with Gasteiger partial charge >= 0.3 is 11.9 Å². The smallest absolute Gasteiger partial charge is 0.334 e. The van der Waals surface area contributed by atoms with Crippen molar-refractivity contribution in [1.29, 1.82) is 0 Å². The lowest BCUT2D eigenvalue weighted by molar-refractivity contribution is -0.140. The zero-order chi connectivity index (χ0) is 17.8. The first-order chi connectivity index (χ1) is 11.7. The monoisotopic (exact) mass is 338 g/mol. The van der Waals surface area contributed by atoms with Gasteiger partial charge in [0.15, 0.2) is 0 Å². The van der Waals surface area contributed by atoms with Crippen LogP contribution in [0.15, 0.2) is 11.1 Å². The van der Waals surface area contributed by atoms with E-state index in [1.807, 2.05) is 0 Å². The minimum atomic E-state index is -0.366. The number of hydrogen-bond acceptors (Lipinski definition) is 4. The number of esters is 2. The van der Waals surface area contributed by atoms with Gasteiger partial charge in [-0.1, -0.05) is 58.3 Å². The highest BCUT2D eigenvalue weighted by Crippen LogP contribution is 2.33. The van der Waals surface area contributed by atoms with Crippen molar-refractivity contribution >= 4 is 11.9 Å². The molecule has 1 aliphatic rings. The van der Waals surface area contributed by atoms with Crippen molar-refractivity contribution < 1.29 is 19.1 Å². The quantitative estimate of drug-likeness (QED) is 0.321. The van der Waals surface area contributed by atoms with Crippen molar-refractivity contribution in [1.82, 2.24) is 0 Å². The molecule has 1 saturated carbocycles. The summed E-state index contributed by atoms with van der Waals surface area (Å²) in [6.45, 7) is 2.20. The number of hydrogen-bond donors (Lipinski definition) is 0. The molecule has 0 aromatic carbocycles. The van der Waals surface area contributed by atoms with Gasteiger partial charge in [-0.2, -0.15) is 0 Å². The average Bonchev–Trinajstić information content (AvgIpc) is 2.63. The Morgan fingerprint density at radius 1 is 0.833 bits per heavy atom. The Morgan fingerprint density at radius 3 is 2.00 bits per heavy atom. The second-order valence-electron chi connectivity index (χ2n) is 6.73. The Morgan fingerprint density at radius 2 is 1.42 bits per heavy atom. The van der Waals surface area contributed by atoms with Crippen LogP contribution in [0.4, 0.5) is 0 Å². The molecule has 0 aromatic rings. The number of carbonyl (C=O) groups is 2. The fraction of sp³-hybridized carbons (Fsp3) is 0.800. The van der Waals surface area contributed by atoms with E-state index in [0.717, 1.165) is 38.5 Å². The fourth-order valence-electron chi connectivity index (χ4n) is 3.59. The fourth-order valence-corrected chi connectivity index (χ4v) is 3.59. The Kier molecular flexibility index (Phi) is 10.4. The Hall–Kier alpha value is -1.32. The maximum Gasteiger partial charge on any atom is 0.334 e. The number of carbonyl (C=O) groups excluding carboxylic acids is 2. The first-order valence-electron chi connectivity index (χ1n) is 9.55. The summed E-state index contributed by atoms with van der Waals surface area (Å²) >= 11 is 0. The van der Waals surface area contributed by atoms with Gasteiger partial charge in [-0.3, -0.25) is 0 Å². The van der Waals surface area contributed by atoms with E-state index < -0.39 is 0 Å². The van der Waals surface area contributed by atoms with Crippen molar-refractivity contribution in [3.05, 3.63) is 11.1 Å². The molecule has 4 heteroatoms. The summed E-state index contributed by atoms with van der Waals surface area (Å²) in [5.41, 5.74) is 1.13. The summed E-state index contributed by atoms with van der Waals surface area (Å²) in [4.78, 5) is 24.7. The molecule has 0 saturated heterocycles. The second-order valence-corrected chi connectivity index (χ2v) is 6.73. The van der Waals surface area contributed by atoms with E-state index in [-0.39, 0.29) is 17.9 Å². The third-order valence-electron chi connectivity index (χ3n) is 4.96. The van der Waals surface area contributed by atoms with Gasteiger partial charge in [-0.25, -0.2) is 9.59 Å². The van der Waals surface area contributed by atoms with Gasteiger partial charge in [0.25, 0.3) is 0 Å². The summed E-state index contributed by atoms with van der Waals surface area (Å²) in [5, 5.41) is 0. The second kappa shape index (κ2) is 12.1. The summed E-state index contributed by atoms with van der Waals surface area (Å²) in [6.07, 6.45) is 12.9. The van der Waals surface area contributed by atoms with Crippen LogP contribution in [0, 0.1) is 5.92 Å². The molecule has 4 nitrogen and oxygen atoms in total. The molecule has 138 valence electrons. The van der Waals surface area contributed by atoms with Crippen LogP contribution in [0.1, 0.15) is 84.0 Å². The first-order valence-corrected chi connectivity index (χ1v) is 9.55. The summed E-state index contributed by atoms with van der Waals surface area (Å²) < 4.78 is 9.97. The highest BCUT2D eigenvalue weighted by Gasteiger charge is 2.30. The molecule has 0 spiro atoms. The van der Waals surface area contributed by atoms with Crippen LogP contribution in [0.2, 0.25) is 0 Å². The molecule has 0 atom stereocenters. The van der Waals surface area contributed by atoms with Crippen molar-refractivity contribution in [2.75, 3.05) is 14.2 Å². The summed E-state index contributed by atoms with van der Waals surface area (Å²) in [5.74, 6) is -0.580. The van der Waals surface area contributed by atoms with Crippen molar-refractivity contribution in [2.24, 2.45) is 5.92 Å². The van der Waals surface area contributed by atoms with Gasteiger partial charge in [0.1, 0.15) is 0 Å². The van der Waals surface area contributed by atoms with E-state index >= 15 is 0 Å². The van der Waals surface area contributed by atoms with E-state index in [1.54, 1.807) is 0 Å². The Bertz CT molecular complexity index is 419. The van der Waals surface area contributed by atoms with Crippen LogP contribution in [0.5, 0.6) is 0 Å². The SMILES string of the molecule is CCCCCCCC/C(C(=O)OC)=C(/C(=O)OC)C1CCCCC1. The molecule has 0 N–H and O–H groups in total. The van der Waals surface area contributed by atoms with Gasteiger partial charge in [0.05, 0.1) is 19.8 Å². The lowest BCUT2D eigenvalue weighted by atomic mass is 9.80. The lowest BCUT2D eigenvalue weighted by Gasteiger charge is -2.25. The molecule has 0 bridgehead atoms. The van der Waals surface area contributed by atoms with Gasteiger partial charge in [-0.05, 0) is 31.6 Å². The molecule has 0 heterocycles. The third-order valence-corrected chi connectivity index (χ3v) is 4.96. The molecule has 24 heavy (non-hydrogen) atoms. The number of unbranched alkanes of at least 4 members (excludes halogenated alkanes) is 5. The molecule has 1 rings (SSSR count). The van der Waals surface area contributed by atoms with Gasteiger partial charge in [0, 0.05) is 5.57 Å². The molecular formula is C20H34O4. The van der Waals surface area contributed by atoms with Gasteiger partial charge in [-0.15, -0.1) is 0 Å². The van der Waals surface area contributed by atoms with Crippen molar-refractivity contribution in [3.63, 3.8) is 0 Å². The van der Waals surface area contributed by atoms with Crippen LogP contribution < -0.4 is 0 Å². The topological polar surface area (TPSA) is 52.6 Å². The lowest BCUT2D eigenvalue weighted by Crippen LogP contribution is -2.23. The number of ether oxygens (including phenoxy) is 2. The molecule has 1 fully saturated rings. The van der Waals surface area contributed by atoms with Crippen LogP contribution in [-0.2, 0) is 19.1 Å². The summed E-state index contributed by atoms with van der Waals surface area (Å²) in [6, 6.07) is 0. The molecule has 1 aliphatic carbocycles. The predicted octanol–water partition coefficient (Wildman–Crippen LogP) is 4.96. The zero-order valence-electron chi connectivity index (χ0n) is 15.7. The highest BCUT2D eigenvalue weighted by molar-refractivity contribution is 6.00. The van der Waals surface area contributed by atoms with Crippen molar-refractivity contribution in [3.8, 4) is 0 Å². The Balaban J connectivity index is 2.85. The number of methoxy groups -OCH3 is 2. The van der Waals surface area contributed by atoms with E-state index in [0.29, 0.717) is 17.6 Å². The minimum absolute atomic E-state index is 0.139. The van der Waals surface area contributed by atoms with E-state index in [4.69, 9.17) is 9.47 Å². The maximum absolute atomic E-state index is 12.4. The largest absolute Gasteiger partial charge is 0.466 e. The van der Waals surface area contributed by atoms with Gasteiger partial charge in [0.2, 0.25) is 0 Å². The maximum atomic E-state index is 12.4. The average molecular weight is 338 g/mol.